The van der Waals surface area contributed by atoms with Crippen molar-refractivity contribution in [3.8, 4) is 16.9 Å². The maximum absolute atomic E-state index is 12.3. The number of hydrogen-bond donors (Lipinski definition) is 3. The second kappa shape index (κ2) is 7.91. The average molecular weight is 352 g/mol. The molecule has 0 unspecified atom stereocenters. The van der Waals surface area contributed by atoms with Crippen molar-refractivity contribution in [2.45, 2.75) is 20.3 Å². The standard InChI is InChI=1S/C20H24N4O2/c1-3-8-23-20(25)17-12-24-19-15(6-5-7-16(19)18(17)21)13-9-14(26-4-2)11-22-10-13/h5-7,9-11,24H,3-4,8,12,21H2,1-2H3,(H,23,25). The van der Waals surface area contributed by atoms with E-state index in [2.05, 4.69) is 15.6 Å². The molecule has 0 saturated carbocycles. The third-order valence-electron chi connectivity index (χ3n) is 4.27. The van der Waals surface area contributed by atoms with E-state index in [0.29, 0.717) is 31.0 Å². The molecule has 0 bridgehead atoms. The Labute approximate surface area is 153 Å². The zero-order valence-electron chi connectivity index (χ0n) is 15.1. The number of hydrogen-bond acceptors (Lipinski definition) is 5. The zero-order chi connectivity index (χ0) is 18.5. The Balaban J connectivity index is 1.99. The zero-order valence-corrected chi connectivity index (χ0v) is 15.1. The number of pyridine rings is 1. The highest BCUT2D eigenvalue weighted by molar-refractivity contribution is 6.05. The number of carbonyl (C=O) groups excluding carboxylic acids is 1. The number of aromatic nitrogens is 1. The van der Waals surface area contributed by atoms with Gasteiger partial charge in [0.2, 0.25) is 0 Å². The third-order valence-corrected chi connectivity index (χ3v) is 4.27. The summed E-state index contributed by atoms with van der Waals surface area (Å²) in [6.07, 6.45) is 4.37. The van der Waals surface area contributed by atoms with Crippen LogP contribution in [0.3, 0.4) is 0 Å². The number of nitrogens with one attached hydrogen (secondary N) is 2. The number of rotatable bonds is 6. The van der Waals surface area contributed by atoms with Gasteiger partial charge in [0.15, 0.2) is 0 Å². The molecule has 2 aromatic rings. The van der Waals surface area contributed by atoms with Gasteiger partial charge in [-0.05, 0) is 19.4 Å². The average Bonchev–Trinajstić information content (AvgIpc) is 2.66. The lowest BCUT2D eigenvalue weighted by Gasteiger charge is -2.24. The highest BCUT2D eigenvalue weighted by atomic mass is 16.5. The van der Waals surface area contributed by atoms with E-state index in [9.17, 15) is 4.79 Å². The van der Waals surface area contributed by atoms with Crippen molar-refractivity contribution < 1.29 is 9.53 Å². The minimum Gasteiger partial charge on any atom is -0.492 e. The number of amides is 1. The van der Waals surface area contributed by atoms with Gasteiger partial charge < -0.3 is 21.1 Å². The molecule has 1 aliphatic rings. The summed E-state index contributed by atoms with van der Waals surface area (Å²) in [5.41, 5.74) is 11.1. The van der Waals surface area contributed by atoms with Gasteiger partial charge in [0.1, 0.15) is 5.75 Å². The molecule has 26 heavy (non-hydrogen) atoms. The van der Waals surface area contributed by atoms with Gasteiger partial charge in [0, 0.05) is 36.0 Å². The molecule has 0 fully saturated rings. The minimum atomic E-state index is -0.118. The second-order valence-corrected chi connectivity index (χ2v) is 6.07. The first-order chi connectivity index (χ1) is 12.7. The molecule has 4 N–H and O–H groups in total. The lowest BCUT2D eigenvalue weighted by atomic mass is 9.94. The summed E-state index contributed by atoms with van der Waals surface area (Å²) in [4.78, 5) is 16.6. The fourth-order valence-corrected chi connectivity index (χ4v) is 3.00. The van der Waals surface area contributed by atoms with Crippen LogP contribution in [0.15, 0.2) is 42.2 Å². The predicted molar refractivity (Wildman–Crippen MR) is 104 cm³/mol. The van der Waals surface area contributed by atoms with Gasteiger partial charge in [0.05, 0.1) is 29.8 Å². The van der Waals surface area contributed by atoms with Crippen LogP contribution in [-0.2, 0) is 4.79 Å². The molecule has 6 heteroatoms. The molecular weight excluding hydrogens is 328 g/mol. The molecule has 136 valence electrons. The summed E-state index contributed by atoms with van der Waals surface area (Å²) in [7, 11) is 0. The molecule has 0 saturated heterocycles. The first kappa shape index (κ1) is 17.8. The highest BCUT2D eigenvalue weighted by Gasteiger charge is 2.23. The smallest absolute Gasteiger partial charge is 0.251 e. The van der Waals surface area contributed by atoms with Gasteiger partial charge in [-0.25, -0.2) is 0 Å². The highest BCUT2D eigenvalue weighted by Crippen LogP contribution is 2.37. The number of para-hydroxylation sites is 1. The van der Waals surface area contributed by atoms with Crippen LogP contribution in [-0.4, -0.2) is 30.6 Å². The molecule has 0 atom stereocenters. The van der Waals surface area contributed by atoms with Crippen molar-refractivity contribution in [3.05, 3.63) is 47.8 Å². The van der Waals surface area contributed by atoms with Gasteiger partial charge in [-0.3, -0.25) is 9.78 Å². The van der Waals surface area contributed by atoms with Crippen LogP contribution in [0.2, 0.25) is 0 Å². The molecule has 0 radical (unpaired) electrons. The van der Waals surface area contributed by atoms with E-state index < -0.39 is 0 Å². The predicted octanol–water partition coefficient (Wildman–Crippen LogP) is 2.77. The largest absolute Gasteiger partial charge is 0.492 e. The van der Waals surface area contributed by atoms with Crippen molar-refractivity contribution in [1.82, 2.24) is 10.3 Å². The molecule has 1 aliphatic heterocycles. The van der Waals surface area contributed by atoms with Crippen molar-refractivity contribution in [3.63, 3.8) is 0 Å². The van der Waals surface area contributed by atoms with Crippen LogP contribution in [0.5, 0.6) is 5.75 Å². The van der Waals surface area contributed by atoms with Crippen LogP contribution in [0.25, 0.3) is 16.8 Å². The molecule has 2 heterocycles. The topological polar surface area (TPSA) is 89.3 Å². The van der Waals surface area contributed by atoms with E-state index in [4.69, 9.17) is 10.5 Å². The Kier molecular flexibility index (Phi) is 5.41. The van der Waals surface area contributed by atoms with Gasteiger partial charge >= 0.3 is 0 Å². The summed E-state index contributed by atoms with van der Waals surface area (Å²) in [5, 5.41) is 6.24. The molecule has 0 aliphatic carbocycles. The number of ether oxygens (including phenoxy) is 1. The monoisotopic (exact) mass is 352 g/mol. The Morgan fingerprint density at radius 1 is 1.31 bits per heavy atom. The van der Waals surface area contributed by atoms with Gasteiger partial charge in [0.25, 0.3) is 5.91 Å². The molecule has 6 nitrogen and oxygen atoms in total. The van der Waals surface area contributed by atoms with E-state index in [1.807, 2.05) is 38.1 Å². The van der Waals surface area contributed by atoms with E-state index in [0.717, 1.165) is 34.5 Å². The van der Waals surface area contributed by atoms with E-state index >= 15 is 0 Å². The SMILES string of the molecule is CCCNC(=O)C1=C(N)c2cccc(-c3cncc(OCC)c3)c2NC1. The lowest BCUT2D eigenvalue weighted by molar-refractivity contribution is -0.117. The molecule has 3 rings (SSSR count). The summed E-state index contributed by atoms with van der Waals surface area (Å²) in [6, 6.07) is 7.82. The number of benzene rings is 1. The second-order valence-electron chi connectivity index (χ2n) is 6.07. The Bertz CT molecular complexity index is 845. The van der Waals surface area contributed by atoms with Crippen LogP contribution in [0.1, 0.15) is 25.8 Å². The number of nitrogens with zero attached hydrogens (tertiary/aromatic N) is 1. The third kappa shape index (κ3) is 3.49. The van der Waals surface area contributed by atoms with E-state index in [1.54, 1.807) is 12.4 Å². The summed E-state index contributed by atoms with van der Waals surface area (Å²) >= 11 is 0. The molecule has 0 spiro atoms. The Morgan fingerprint density at radius 2 is 2.12 bits per heavy atom. The van der Waals surface area contributed by atoms with Gasteiger partial charge in [-0.2, -0.15) is 0 Å². The van der Waals surface area contributed by atoms with E-state index in [-0.39, 0.29) is 5.91 Å². The van der Waals surface area contributed by atoms with Gasteiger partial charge in [-0.15, -0.1) is 0 Å². The van der Waals surface area contributed by atoms with Crippen LogP contribution >= 0.6 is 0 Å². The Hall–Kier alpha value is -3.02. The minimum absolute atomic E-state index is 0.118. The van der Waals surface area contributed by atoms with Crippen molar-refractivity contribution in [2.24, 2.45) is 5.73 Å². The van der Waals surface area contributed by atoms with Gasteiger partial charge in [-0.1, -0.05) is 25.1 Å². The fourth-order valence-electron chi connectivity index (χ4n) is 3.00. The van der Waals surface area contributed by atoms with Crippen molar-refractivity contribution >= 4 is 17.3 Å². The van der Waals surface area contributed by atoms with E-state index in [1.165, 1.54) is 0 Å². The first-order valence-electron chi connectivity index (χ1n) is 8.88. The van der Waals surface area contributed by atoms with Crippen LogP contribution in [0, 0.1) is 0 Å². The van der Waals surface area contributed by atoms with Crippen LogP contribution < -0.4 is 21.1 Å². The first-order valence-corrected chi connectivity index (χ1v) is 8.88. The maximum Gasteiger partial charge on any atom is 0.251 e. The Morgan fingerprint density at radius 3 is 2.88 bits per heavy atom. The number of anilines is 1. The fraction of sp³-hybridized carbons (Fsp3) is 0.300. The van der Waals surface area contributed by atoms with Crippen LogP contribution in [0.4, 0.5) is 5.69 Å². The van der Waals surface area contributed by atoms with Crippen molar-refractivity contribution in [2.75, 3.05) is 25.0 Å². The number of carbonyl (C=O) groups is 1. The summed E-state index contributed by atoms with van der Waals surface area (Å²) in [6.45, 7) is 5.57. The summed E-state index contributed by atoms with van der Waals surface area (Å²) < 4.78 is 5.55. The molecular formula is C20H24N4O2. The number of fused-ring (bicyclic) bond motifs is 1. The maximum atomic E-state index is 12.3. The quantitative estimate of drug-likeness (QED) is 0.744. The summed E-state index contributed by atoms with van der Waals surface area (Å²) in [5.74, 6) is 0.606. The number of nitrogens with two attached hydrogens (primary N) is 1. The lowest BCUT2D eigenvalue weighted by Crippen LogP contribution is -2.32. The molecule has 1 aromatic carbocycles. The normalized spacial score (nSPS) is 13.0. The van der Waals surface area contributed by atoms with Crippen molar-refractivity contribution in [1.29, 1.82) is 0 Å². The molecule has 1 amide bonds. The molecule has 1 aromatic heterocycles.